The second-order valence-electron chi connectivity index (χ2n) is 7.91. The molecule has 0 radical (unpaired) electrons. The first-order chi connectivity index (χ1) is 15.4. The average Bonchev–Trinajstić information content (AvgIpc) is 3.33. The summed E-state index contributed by atoms with van der Waals surface area (Å²) in [5, 5.41) is 19.0. The van der Waals surface area contributed by atoms with Gasteiger partial charge in [0.15, 0.2) is 0 Å². The van der Waals surface area contributed by atoms with Gasteiger partial charge in [0.25, 0.3) is 0 Å². The van der Waals surface area contributed by atoms with Crippen LogP contribution < -0.4 is 17.2 Å². The lowest BCUT2D eigenvalue weighted by Crippen LogP contribution is -2.31. The first-order valence-corrected chi connectivity index (χ1v) is 13.2. The molecule has 0 bridgehead atoms. The predicted octanol–water partition coefficient (Wildman–Crippen LogP) is -2.43. The summed E-state index contributed by atoms with van der Waals surface area (Å²) in [5.41, 5.74) is 16.8. The Morgan fingerprint density at radius 2 is 1.18 bits per heavy atom. The quantitative estimate of drug-likeness (QED) is 0.139. The third-order valence-corrected chi connectivity index (χ3v) is 7.26. The highest BCUT2D eigenvalue weighted by atomic mass is 31.2. The molecule has 3 aliphatic heterocycles. The summed E-state index contributed by atoms with van der Waals surface area (Å²) >= 11 is 0. The second-order valence-corrected chi connectivity index (χ2v) is 10.7. The van der Waals surface area contributed by atoms with Crippen LogP contribution in [0.1, 0.15) is 19.3 Å². The molecule has 0 saturated carbocycles. The number of hydrogen-bond donors (Lipinski definition) is 7. The van der Waals surface area contributed by atoms with Crippen LogP contribution in [0.25, 0.3) is 0 Å². The zero-order chi connectivity index (χ0) is 24.4. The van der Waals surface area contributed by atoms with Crippen LogP contribution >= 0.6 is 15.6 Å². The van der Waals surface area contributed by atoms with Gasteiger partial charge in [-0.2, -0.15) is 0 Å². The van der Waals surface area contributed by atoms with E-state index in [0.717, 1.165) is 0 Å². The molecule has 0 aliphatic carbocycles. The number of aliphatic hydroxyl groups excluding tert-OH is 2. The lowest BCUT2D eigenvalue weighted by Gasteiger charge is -2.24. The second kappa shape index (κ2) is 11.3. The highest BCUT2D eigenvalue weighted by Crippen LogP contribution is 2.50. The summed E-state index contributed by atoms with van der Waals surface area (Å²) < 4.78 is 60.2. The zero-order valence-electron chi connectivity index (χ0n) is 17.5. The lowest BCUT2D eigenvalue weighted by atomic mass is 10.2. The maximum absolute atomic E-state index is 12.3. The summed E-state index contributed by atoms with van der Waals surface area (Å²) in [6, 6.07) is 0. The first kappa shape index (κ1) is 27.5. The maximum Gasteiger partial charge on any atom is 0.472 e. The van der Waals surface area contributed by atoms with Gasteiger partial charge in [-0.15, -0.1) is 0 Å². The lowest BCUT2D eigenvalue weighted by molar-refractivity contribution is -0.0431. The molecule has 194 valence electrons. The van der Waals surface area contributed by atoms with E-state index in [1.807, 2.05) is 0 Å². The van der Waals surface area contributed by atoms with E-state index in [2.05, 4.69) is 0 Å². The molecule has 18 heteroatoms. The van der Waals surface area contributed by atoms with Crippen LogP contribution in [0.5, 0.6) is 0 Å². The van der Waals surface area contributed by atoms with Crippen molar-refractivity contribution in [3.8, 4) is 0 Å². The third-order valence-electron chi connectivity index (χ3n) is 5.23. The van der Waals surface area contributed by atoms with E-state index < -0.39 is 90.8 Å². The maximum atomic E-state index is 12.3. The first-order valence-electron chi connectivity index (χ1n) is 10.2. The fourth-order valence-electron chi connectivity index (χ4n) is 3.68. The molecule has 3 saturated heterocycles. The Bertz CT molecular complexity index is 750. The smallest absolute Gasteiger partial charge is 0.394 e. The van der Waals surface area contributed by atoms with Gasteiger partial charge in [0.1, 0.15) is 49.2 Å². The number of aliphatic hydroxyl groups is 2. The van der Waals surface area contributed by atoms with Crippen LogP contribution in [0, 0.1) is 0 Å². The highest BCUT2D eigenvalue weighted by molar-refractivity contribution is 7.47. The molecule has 33 heavy (non-hydrogen) atoms. The fraction of sp³-hybridized carbons (Fsp3) is 1.00. The normalized spacial score (nSPS) is 42.9. The minimum atomic E-state index is -4.66. The number of rotatable bonds is 11. The van der Waals surface area contributed by atoms with E-state index in [1.54, 1.807) is 0 Å². The van der Waals surface area contributed by atoms with E-state index in [0.29, 0.717) is 0 Å². The molecular weight excluding hydrogens is 492 g/mol. The van der Waals surface area contributed by atoms with Crippen LogP contribution in [0.2, 0.25) is 0 Å². The van der Waals surface area contributed by atoms with E-state index in [-0.39, 0.29) is 19.3 Å². The number of phosphoric acid groups is 2. The number of ether oxygens (including phenoxy) is 3. The molecule has 0 aromatic heterocycles. The molecule has 0 amide bonds. The standard InChI is InChI=1S/C15H31N3O13P2/c16-13-1-7(20)11(28-13)5-25-32(21,22)31-9-3-15(18)29-12(9)6-26-33(23,24)30-8-2-14(17)27-10(8)4-19/h7-15,19-20H,1-6,16-18H2,(H,21,22)(H,23,24)/t7-,8-,9-,10+,11+,12+,13+,14+,15+/m0/s1. The molecule has 16 nitrogen and oxygen atoms in total. The zero-order valence-corrected chi connectivity index (χ0v) is 19.3. The van der Waals surface area contributed by atoms with Gasteiger partial charge in [-0.25, -0.2) is 9.13 Å². The SMILES string of the molecule is N[C@H]1C[C@H](OP(=O)(O)OC[C@H]2O[C@@H](N)C[C@@H]2OP(=O)(O)OC[C@H]2O[C@@H](N)C[C@@H]2O)[C@@H](CO)O1. The summed E-state index contributed by atoms with van der Waals surface area (Å²) in [4.78, 5) is 20.0. The van der Waals surface area contributed by atoms with Crippen molar-refractivity contribution in [3.05, 3.63) is 0 Å². The topological polar surface area (TPSA) is 258 Å². The van der Waals surface area contributed by atoms with Crippen molar-refractivity contribution in [2.45, 2.75) is 74.6 Å². The predicted molar refractivity (Wildman–Crippen MR) is 107 cm³/mol. The Morgan fingerprint density at radius 3 is 1.67 bits per heavy atom. The molecule has 0 aromatic rings. The molecule has 0 spiro atoms. The number of hydrogen-bond acceptors (Lipinski definition) is 14. The number of phosphoric ester groups is 2. The van der Waals surface area contributed by atoms with Crippen LogP contribution in [-0.2, 0) is 41.4 Å². The van der Waals surface area contributed by atoms with Crippen molar-refractivity contribution < 1.29 is 61.4 Å². The Hall–Kier alpha value is -0.100. The summed E-state index contributed by atoms with van der Waals surface area (Å²) in [6.07, 6.45) is -8.20. The summed E-state index contributed by atoms with van der Waals surface area (Å²) in [5.74, 6) is 0. The largest absolute Gasteiger partial charge is 0.472 e. The molecule has 10 N–H and O–H groups in total. The van der Waals surface area contributed by atoms with E-state index in [9.17, 15) is 29.1 Å². The fourth-order valence-corrected chi connectivity index (χ4v) is 5.60. The average molecular weight is 523 g/mol. The molecule has 3 heterocycles. The van der Waals surface area contributed by atoms with Crippen molar-refractivity contribution in [2.24, 2.45) is 17.2 Å². The minimum Gasteiger partial charge on any atom is -0.394 e. The van der Waals surface area contributed by atoms with Crippen LogP contribution in [-0.4, -0.2) is 95.1 Å². The van der Waals surface area contributed by atoms with Crippen LogP contribution in [0.4, 0.5) is 0 Å². The van der Waals surface area contributed by atoms with Gasteiger partial charge >= 0.3 is 15.6 Å². The van der Waals surface area contributed by atoms with Gasteiger partial charge < -0.3 is 51.4 Å². The van der Waals surface area contributed by atoms with Gasteiger partial charge in [0.2, 0.25) is 0 Å². The van der Waals surface area contributed by atoms with Gasteiger partial charge in [0.05, 0.1) is 25.9 Å². The monoisotopic (exact) mass is 523 g/mol. The van der Waals surface area contributed by atoms with Gasteiger partial charge in [-0.3, -0.25) is 18.1 Å². The van der Waals surface area contributed by atoms with Crippen molar-refractivity contribution >= 4 is 15.6 Å². The van der Waals surface area contributed by atoms with Gasteiger partial charge in [-0.1, -0.05) is 0 Å². The number of nitrogens with two attached hydrogens (primary N) is 3. The molecule has 3 rings (SSSR count). The molecular formula is C15H31N3O13P2. The Balaban J connectivity index is 1.50. The Kier molecular flexibility index (Phi) is 9.42. The van der Waals surface area contributed by atoms with E-state index in [4.69, 9.17) is 49.5 Å². The Morgan fingerprint density at radius 1 is 0.758 bits per heavy atom. The van der Waals surface area contributed by atoms with Gasteiger partial charge in [0, 0.05) is 19.3 Å². The van der Waals surface area contributed by atoms with E-state index in [1.165, 1.54) is 0 Å². The molecule has 11 atom stereocenters. The molecule has 3 aliphatic rings. The Labute approximate surface area is 189 Å². The summed E-state index contributed by atoms with van der Waals surface area (Å²) in [6.45, 7) is -1.51. The molecule has 3 fully saturated rings. The van der Waals surface area contributed by atoms with Crippen LogP contribution in [0.15, 0.2) is 0 Å². The third kappa shape index (κ3) is 7.95. The minimum absolute atomic E-state index is 0.0378. The van der Waals surface area contributed by atoms with Crippen molar-refractivity contribution in [1.82, 2.24) is 0 Å². The van der Waals surface area contributed by atoms with Crippen molar-refractivity contribution in [3.63, 3.8) is 0 Å². The van der Waals surface area contributed by atoms with Crippen molar-refractivity contribution in [2.75, 3.05) is 19.8 Å². The van der Waals surface area contributed by atoms with Crippen LogP contribution in [0.3, 0.4) is 0 Å². The summed E-state index contributed by atoms with van der Waals surface area (Å²) in [7, 11) is -9.31. The van der Waals surface area contributed by atoms with Gasteiger partial charge in [-0.05, 0) is 0 Å². The molecule has 0 aromatic carbocycles. The van der Waals surface area contributed by atoms with E-state index >= 15 is 0 Å². The highest BCUT2D eigenvalue weighted by Gasteiger charge is 2.44. The molecule has 2 unspecified atom stereocenters. The van der Waals surface area contributed by atoms with Crippen molar-refractivity contribution in [1.29, 1.82) is 0 Å².